The maximum Gasteiger partial charge on any atom is 0.150 e. The summed E-state index contributed by atoms with van der Waals surface area (Å²) in [6.07, 6.45) is 0.866. The molecule has 0 unspecified atom stereocenters. The zero-order valence-electron chi connectivity index (χ0n) is 10.8. The van der Waals surface area contributed by atoms with Gasteiger partial charge in [0.25, 0.3) is 0 Å². The summed E-state index contributed by atoms with van der Waals surface area (Å²) in [5.41, 5.74) is 4.44. The number of nitrogens with zero attached hydrogens (tertiary/aromatic N) is 1. The fraction of sp³-hybridized carbons (Fsp3) is 0.188. The SMILES string of the molecule is Cc1ccccc1CN(C)c1ccc(C=O)cc1. The van der Waals surface area contributed by atoms with Crippen molar-refractivity contribution >= 4 is 12.0 Å². The minimum absolute atomic E-state index is 0.711. The molecule has 0 saturated carbocycles. The van der Waals surface area contributed by atoms with Gasteiger partial charge in [0.15, 0.2) is 0 Å². The smallest absolute Gasteiger partial charge is 0.150 e. The number of carbonyl (C=O) groups excluding carboxylic acids is 1. The standard InChI is InChI=1S/C16H17NO/c1-13-5-3-4-6-15(13)11-17(2)16-9-7-14(12-18)8-10-16/h3-10,12H,11H2,1-2H3. The number of benzene rings is 2. The normalized spacial score (nSPS) is 10.1. The molecular weight excluding hydrogens is 222 g/mol. The molecule has 0 aliphatic heterocycles. The summed E-state index contributed by atoms with van der Waals surface area (Å²) in [7, 11) is 2.06. The van der Waals surface area contributed by atoms with Crippen molar-refractivity contribution in [2.75, 3.05) is 11.9 Å². The van der Waals surface area contributed by atoms with E-state index in [1.807, 2.05) is 24.3 Å². The minimum atomic E-state index is 0.711. The summed E-state index contributed by atoms with van der Waals surface area (Å²) in [5, 5.41) is 0. The van der Waals surface area contributed by atoms with Crippen molar-refractivity contribution in [2.45, 2.75) is 13.5 Å². The molecule has 0 atom stereocenters. The minimum Gasteiger partial charge on any atom is -0.370 e. The van der Waals surface area contributed by atoms with Gasteiger partial charge in [-0.1, -0.05) is 24.3 Å². The third-order valence-corrected chi connectivity index (χ3v) is 3.14. The van der Waals surface area contributed by atoms with Crippen LogP contribution in [-0.4, -0.2) is 13.3 Å². The number of aldehydes is 1. The summed E-state index contributed by atoms with van der Waals surface area (Å²) >= 11 is 0. The number of carbonyl (C=O) groups is 1. The highest BCUT2D eigenvalue weighted by molar-refractivity contribution is 5.75. The predicted octanol–water partition coefficient (Wildman–Crippen LogP) is 3.44. The average molecular weight is 239 g/mol. The van der Waals surface area contributed by atoms with E-state index in [0.717, 1.165) is 18.5 Å². The Bertz CT molecular complexity index is 531. The number of anilines is 1. The van der Waals surface area contributed by atoms with E-state index in [-0.39, 0.29) is 0 Å². The van der Waals surface area contributed by atoms with Crippen molar-refractivity contribution in [1.29, 1.82) is 0 Å². The molecule has 0 heterocycles. The van der Waals surface area contributed by atoms with Crippen LogP contribution in [0.15, 0.2) is 48.5 Å². The van der Waals surface area contributed by atoms with Gasteiger partial charge in [-0.3, -0.25) is 4.79 Å². The third kappa shape index (κ3) is 2.77. The van der Waals surface area contributed by atoms with E-state index in [9.17, 15) is 4.79 Å². The van der Waals surface area contributed by atoms with Gasteiger partial charge in [0.05, 0.1) is 0 Å². The lowest BCUT2D eigenvalue weighted by Gasteiger charge is -2.20. The van der Waals surface area contributed by atoms with Crippen LogP contribution in [0, 0.1) is 6.92 Å². The molecule has 0 fully saturated rings. The Hall–Kier alpha value is -2.09. The van der Waals surface area contributed by atoms with Gasteiger partial charge in [-0.05, 0) is 42.3 Å². The van der Waals surface area contributed by atoms with Gasteiger partial charge in [-0.2, -0.15) is 0 Å². The Labute approximate surface area is 108 Å². The molecule has 0 aliphatic carbocycles. The molecule has 0 N–H and O–H groups in total. The van der Waals surface area contributed by atoms with E-state index in [2.05, 4.69) is 43.1 Å². The van der Waals surface area contributed by atoms with E-state index in [0.29, 0.717) is 5.56 Å². The fourth-order valence-corrected chi connectivity index (χ4v) is 1.94. The van der Waals surface area contributed by atoms with Gasteiger partial charge in [0, 0.05) is 24.8 Å². The van der Waals surface area contributed by atoms with E-state index in [1.165, 1.54) is 11.1 Å². The lowest BCUT2D eigenvalue weighted by atomic mass is 10.1. The Balaban J connectivity index is 2.14. The van der Waals surface area contributed by atoms with Crippen LogP contribution in [0.3, 0.4) is 0 Å². The van der Waals surface area contributed by atoms with Gasteiger partial charge < -0.3 is 4.90 Å². The van der Waals surface area contributed by atoms with Crippen LogP contribution in [0.5, 0.6) is 0 Å². The monoisotopic (exact) mass is 239 g/mol. The van der Waals surface area contributed by atoms with Crippen LogP contribution in [0.25, 0.3) is 0 Å². The molecule has 0 spiro atoms. The van der Waals surface area contributed by atoms with Crippen LogP contribution in [0.2, 0.25) is 0 Å². The van der Waals surface area contributed by atoms with Crippen LogP contribution < -0.4 is 4.90 Å². The number of aryl methyl sites for hydroxylation is 1. The van der Waals surface area contributed by atoms with E-state index >= 15 is 0 Å². The summed E-state index contributed by atoms with van der Waals surface area (Å²) in [6, 6.07) is 16.0. The molecule has 0 aromatic heterocycles. The highest BCUT2D eigenvalue weighted by atomic mass is 16.1. The summed E-state index contributed by atoms with van der Waals surface area (Å²) < 4.78 is 0. The van der Waals surface area contributed by atoms with Crippen molar-refractivity contribution in [1.82, 2.24) is 0 Å². The highest BCUT2D eigenvalue weighted by Gasteiger charge is 2.04. The molecule has 2 aromatic rings. The Kier molecular flexibility index (Phi) is 3.78. The van der Waals surface area contributed by atoms with Crippen molar-refractivity contribution < 1.29 is 4.79 Å². The first-order valence-electron chi connectivity index (χ1n) is 6.01. The zero-order chi connectivity index (χ0) is 13.0. The number of hydrogen-bond acceptors (Lipinski definition) is 2. The Morgan fingerprint density at radius 1 is 1.06 bits per heavy atom. The van der Waals surface area contributed by atoms with Gasteiger partial charge in [0.2, 0.25) is 0 Å². The van der Waals surface area contributed by atoms with E-state index in [1.54, 1.807) is 0 Å². The Morgan fingerprint density at radius 3 is 2.33 bits per heavy atom. The second-order valence-corrected chi connectivity index (χ2v) is 4.49. The van der Waals surface area contributed by atoms with Crippen molar-refractivity contribution in [2.24, 2.45) is 0 Å². The first kappa shape index (κ1) is 12.4. The molecule has 2 rings (SSSR count). The van der Waals surface area contributed by atoms with Crippen LogP contribution in [0.1, 0.15) is 21.5 Å². The lowest BCUT2D eigenvalue weighted by molar-refractivity contribution is 0.112. The highest BCUT2D eigenvalue weighted by Crippen LogP contribution is 2.17. The summed E-state index contributed by atoms with van der Waals surface area (Å²) in [6.45, 7) is 2.99. The zero-order valence-corrected chi connectivity index (χ0v) is 10.8. The van der Waals surface area contributed by atoms with E-state index < -0.39 is 0 Å². The van der Waals surface area contributed by atoms with Gasteiger partial charge >= 0.3 is 0 Å². The molecule has 2 aromatic carbocycles. The largest absolute Gasteiger partial charge is 0.370 e. The molecule has 0 radical (unpaired) electrons. The molecule has 0 bridgehead atoms. The van der Waals surface area contributed by atoms with Gasteiger partial charge in [-0.15, -0.1) is 0 Å². The summed E-state index contributed by atoms with van der Waals surface area (Å²) in [5.74, 6) is 0. The molecule has 0 aliphatic rings. The molecule has 0 amide bonds. The van der Waals surface area contributed by atoms with Crippen molar-refractivity contribution in [3.63, 3.8) is 0 Å². The fourth-order valence-electron chi connectivity index (χ4n) is 1.94. The molecular formula is C16H17NO. The maximum absolute atomic E-state index is 10.6. The molecule has 18 heavy (non-hydrogen) atoms. The second kappa shape index (κ2) is 5.50. The van der Waals surface area contributed by atoms with Crippen molar-refractivity contribution in [3.05, 3.63) is 65.2 Å². The Morgan fingerprint density at radius 2 is 1.72 bits per heavy atom. The molecule has 92 valence electrons. The first-order valence-corrected chi connectivity index (χ1v) is 6.01. The quantitative estimate of drug-likeness (QED) is 0.762. The van der Waals surface area contributed by atoms with Crippen LogP contribution in [0.4, 0.5) is 5.69 Å². The predicted molar refractivity (Wildman–Crippen MR) is 75.1 cm³/mol. The second-order valence-electron chi connectivity index (χ2n) is 4.49. The first-order chi connectivity index (χ1) is 8.70. The van der Waals surface area contributed by atoms with Crippen LogP contribution >= 0.6 is 0 Å². The van der Waals surface area contributed by atoms with E-state index in [4.69, 9.17) is 0 Å². The molecule has 2 heteroatoms. The molecule has 0 saturated heterocycles. The van der Waals surface area contributed by atoms with Crippen molar-refractivity contribution in [3.8, 4) is 0 Å². The maximum atomic E-state index is 10.6. The van der Waals surface area contributed by atoms with Crippen LogP contribution in [-0.2, 0) is 6.54 Å². The average Bonchev–Trinajstić information content (AvgIpc) is 2.41. The third-order valence-electron chi connectivity index (χ3n) is 3.14. The van der Waals surface area contributed by atoms with Gasteiger partial charge in [0.1, 0.15) is 6.29 Å². The molecule has 2 nitrogen and oxygen atoms in total. The summed E-state index contributed by atoms with van der Waals surface area (Å²) in [4.78, 5) is 12.8. The van der Waals surface area contributed by atoms with Gasteiger partial charge in [-0.25, -0.2) is 0 Å². The number of rotatable bonds is 4. The number of hydrogen-bond donors (Lipinski definition) is 0. The topological polar surface area (TPSA) is 20.3 Å². The lowest BCUT2D eigenvalue weighted by Crippen LogP contribution is -2.16.